The zero-order valence-corrected chi connectivity index (χ0v) is 12.4. The first-order valence-corrected chi connectivity index (χ1v) is 7.23. The van der Waals surface area contributed by atoms with Crippen LogP contribution in [0, 0.1) is 17.2 Å². The molecular weight excluding hydrogens is 296 g/mol. The summed E-state index contributed by atoms with van der Waals surface area (Å²) in [5, 5.41) is 15.3. The Morgan fingerprint density at radius 2 is 2.22 bits per heavy atom. The van der Waals surface area contributed by atoms with Crippen molar-refractivity contribution < 1.29 is 14.1 Å². The largest absolute Gasteiger partial charge is 0.358 e. The van der Waals surface area contributed by atoms with Gasteiger partial charge >= 0.3 is 0 Å². The Kier molecular flexibility index (Phi) is 3.89. The van der Waals surface area contributed by atoms with Gasteiger partial charge in [0.2, 0.25) is 17.6 Å². The van der Waals surface area contributed by atoms with Gasteiger partial charge in [-0.1, -0.05) is 23.4 Å². The summed E-state index contributed by atoms with van der Waals surface area (Å²) < 4.78 is 5.21. The van der Waals surface area contributed by atoms with Crippen LogP contribution in [0.15, 0.2) is 28.8 Å². The van der Waals surface area contributed by atoms with E-state index in [1.165, 1.54) is 7.05 Å². The Morgan fingerprint density at radius 3 is 2.87 bits per heavy atom. The third-order valence-corrected chi connectivity index (χ3v) is 3.67. The number of nitrogens with one attached hydrogen (secondary N) is 1. The molecule has 0 spiro atoms. The summed E-state index contributed by atoms with van der Waals surface area (Å²) >= 11 is 0. The molecule has 7 nitrogen and oxygen atoms in total. The summed E-state index contributed by atoms with van der Waals surface area (Å²) in [7, 11) is 1.38. The van der Waals surface area contributed by atoms with Crippen LogP contribution in [0.3, 0.4) is 0 Å². The maximum absolute atomic E-state index is 12.3. The number of Topliss-reactive ketones (excluding diaryl/α,β-unsaturated/α-hetero) is 1. The lowest BCUT2D eigenvalue weighted by atomic mass is 9.96. The lowest BCUT2D eigenvalue weighted by Gasteiger charge is -2.07. The van der Waals surface area contributed by atoms with Crippen LogP contribution in [0.5, 0.6) is 0 Å². The second-order valence-electron chi connectivity index (χ2n) is 5.35. The zero-order chi connectivity index (χ0) is 16.4. The van der Waals surface area contributed by atoms with Gasteiger partial charge < -0.3 is 9.84 Å². The summed E-state index contributed by atoms with van der Waals surface area (Å²) in [4.78, 5) is 28.3. The van der Waals surface area contributed by atoms with E-state index in [9.17, 15) is 9.59 Å². The highest BCUT2D eigenvalue weighted by Crippen LogP contribution is 2.39. The quantitative estimate of drug-likeness (QED) is 0.664. The van der Waals surface area contributed by atoms with Crippen molar-refractivity contribution >= 4 is 11.7 Å². The van der Waals surface area contributed by atoms with Crippen LogP contribution in [-0.2, 0) is 4.79 Å². The minimum atomic E-state index is -1.37. The molecule has 1 fully saturated rings. The van der Waals surface area contributed by atoms with Gasteiger partial charge in [0.25, 0.3) is 0 Å². The second kappa shape index (κ2) is 6.01. The molecule has 1 N–H and O–H groups in total. The van der Waals surface area contributed by atoms with Crippen molar-refractivity contribution in [3.63, 3.8) is 0 Å². The van der Waals surface area contributed by atoms with E-state index in [-0.39, 0.29) is 5.56 Å². The smallest absolute Gasteiger partial charge is 0.245 e. The Hall–Kier alpha value is -3.01. The lowest BCUT2D eigenvalue weighted by molar-refractivity contribution is -0.121. The third-order valence-electron chi connectivity index (χ3n) is 3.67. The van der Waals surface area contributed by atoms with E-state index in [0.29, 0.717) is 23.2 Å². The molecule has 1 saturated carbocycles. The zero-order valence-electron chi connectivity index (χ0n) is 12.4. The first-order valence-electron chi connectivity index (χ1n) is 7.23. The molecule has 23 heavy (non-hydrogen) atoms. The summed E-state index contributed by atoms with van der Waals surface area (Å²) in [5.41, 5.74) is 0.871. The minimum absolute atomic E-state index is 0.260. The molecule has 1 aromatic carbocycles. The number of ketones is 1. The summed E-state index contributed by atoms with van der Waals surface area (Å²) in [6.07, 6.45) is 2.10. The molecule has 1 atom stereocenters. The maximum Gasteiger partial charge on any atom is 0.245 e. The number of aromatic nitrogens is 2. The number of amides is 1. The van der Waals surface area contributed by atoms with Crippen molar-refractivity contribution in [3.05, 3.63) is 35.7 Å². The van der Waals surface area contributed by atoms with Gasteiger partial charge in [-0.15, -0.1) is 0 Å². The predicted octanol–water partition coefficient (Wildman–Crippen LogP) is 1.68. The van der Waals surface area contributed by atoms with Crippen LogP contribution < -0.4 is 5.32 Å². The molecule has 0 aliphatic heterocycles. The van der Waals surface area contributed by atoms with Crippen LogP contribution in [0.1, 0.15) is 35.0 Å². The number of hydrogen-bond acceptors (Lipinski definition) is 6. The maximum atomic E-state index is 12.3. The molecule has 3 rings (SSSR count). The van der Waals surface area contributed by atoms with Gasteiger partial charge in [0, 0.05) is 24.1 Å². The van der Waals surface area contributed by atoms with Gasteiger partial charge in [-0.05, 0) is 18.9 Å². The average molecular weight is 310 g/mol. The number of hydrogen-bond donors (Lipinski definition) is 1. The molecule has 0 unspecified atom stereocenters. The second-order valence-corrected chi connectivity index (χ2v) is 5.35. The van der Waals surface area contributed by atoms with E-state index in [2.05, 4.69) is 15.5 Å². The van der Waals surface area contributed by atoms with Crippen LogP contribution in [-0.4, -0.2) is 28.9 Å². The molecule has 1 amide bonds. The SMILES string of the molecule is CNC(=O)[C@@H](C#N)C(=O)c1cccc(-c2noc(C3CC3)n2)c1. The van der Waals surface area contributed by atoms with Crippen LogP contribution >= 0.6 is 0 Å². The van der Waals surface area contributed by atoms with E-state index < -0.39 is 17.6 Å². The predicted molar refractivity (Wildman–Crippen MR) is 79.2 cm³/mol. The van der Waals surface area contributed by atoms with E-state index in [4.69, 9.17) is 9.78 Å². The molecule has 116 valence electrons. The van der Waals surface area contributed by atoms with Gasteiger partial charge in [0.15, 0.2) is 11.7 Å². The van der Waals surface area contributed by atoms with E-state index >= 15 is 0 Å². The topological polar surface area (TPSA) is 109 Å². The fourth-order valence-electron chi connectivity index (χ4n) is 2.21. The van der Waals surface area contributed by atoms with Crippen LogP contribution in [0.25, 0.3) is 11.4 Å². The van der Waals surface area contributed by atoms with E-state index in [1.54, 1.807) is 30.3 Å². The van der Waals surface area contributed by atoms with Gasteiger partial charge in [-0.25, -0.2) is 0 Å². The van der Waals surface area contributed by atoms with E-state index in [0.717, 1.165) is 12.8 Å². The van der Waals surface area contributed by atoms with Gasteiger partial charge in [0.05, 0.1) is 6.07 Å². The van der Waals surface area contributed by atoms with Crippen molar-refractivity contribution in [2.75, 3.05) is 7.05 Å². The number of benzene rings is 1. The fraction of sp³-hybridized carbons (Fsp3) is 0.312. The van der Waals surface area contributed by atoms with Crippen molar-refractivity contribution in [2.45, 2.75) is 18.8 Å². The first kappa shape index (κ1) is 14.9. The number of carbonyl (C=O) groups excluding carboxylic acids is 2. The van der Waals surface area contributed by atoms with Gasteiger partial charge in [-0.3, -0.25) is 9.59 Å². The highest BCUT2D eigenvalue weighted by atomic mass is 16.5. The molecule has 0 bridgehead atoms. The number of nitriles is 1. The van der Waals surface area contributed by atoms with Crippen LogP contribution in [0.4, 0.5) is 0 Å². The Balaban J connectivity index is 1.88. The van der Waals surface area contributed by atoms with Crippen molar-refractivity contribution in [2.24, 2.45) is 5.92 Å². The molecule has 2 aromatic rings. The van der Waals surface area contributed by atoms with Gasteiger partial charge in [-0.2, -0.15) is 10.2 Å². The minimum Gasteiger partial charge on any atom is -0.358 e. The molecule has 1 aliphatic rings. The monoisotopic (exact) mass is 310 g/mol. The highest BCUT2D eigenvalue weighted by molar-refractivity contribution is 6.12. The molecule has 1 heterocycles. The Labute approximate surface area is 132 Å². The van der Waals surface area contributed by atoms with Crippen molar-refractivity contribution in [3.8, 4) is 17.5 Å². The van der Waals surface area contributed by atoms with Crippen LogP contribution in [0.2, 0.25) is 0 Å². The first-order chi connectivity index (χ1) is 11.1. The van der Waals surface area contributed by atoms with Crippen molar-refractivity contribution in [1.29, 1.82) is 5.26 Å². The normalized spacial score (nSPS) is 14.8. The average Bonchev–Trinajstić information content (AvgIpc) is 3.32. The Bertz CT molecular complexity index is 802. The number of carbonyl (C=O) groups is 2. The number of nitrogens with zero attached hydrogens (tertiary/aromatic N) is 3. The van der Waals surface area contributed by atoms with E-state index in [1.807, 2.05) is 0 Å². The molecule has 1 aliphatic carbocycles. The third kappa shape index (κ3) is 2.97. The standard InChI is InChI=1S/C16H14N4O3/c1-18-15(22)12(8-17)13(21)10-3-2-4-11(7-10)14-19-16(23-20-14)9-5-6-9/h2-4,7,9,12H,5-6H2,1H3,(H,18,22)/t12-/m0/s1. The molecular formula is C16H14N4O3. The summed E-state index contributed by atoms with van der Waals surface area (Å²) in [5.74, 6) is -1.20. The fourth-order valence-corrected chi connectivity index (χ4v) is 2.21. The van der Waals surface area contributed by atoms with Crippen molar-refractivity contribution in [1.82, 2.24) is 15.5 Å². The lowest BCUT2D eigenvalue weighted by Crippen LogP contribution is -2.32. The molecule has 7 heteroatoms. The summed E-state index contributed by atoms with van der Waals surface area (Å²) in [6, 6.07) is 8.26. The van der Waals surface area contributed by atoms with Gasteiger partial charge in [0.1, 0.15) is 0 Å². The number of rotatable bonds is 5. The molecule has 1 aromatic heterocycles. The highest BCUT2D eigenvalue weighted by Gasteiger charge is 2.30. The Morgan fingerprint density at radius 1 is 1.43 bits per heavy atom. The molecule has 0 saturated heterocycles. The summed E-state index contributed by atoms with van der Waals surface area (Å²) in [6.45, 7) is 0. The molecule has 0 radical (unpaired) electrons.